The average molecular weight is 202 g/mol. The molecule has 1 aromatic carbocycles. The van der Waals surface area contributed by atoms with Crippen LogP contribution in [-0.2, 0) is 19.3 Å². The summed E-state index contributed by atoms with van der Waals surface area (Å²) in [5, 5.41) is 0. The van der Waals surface area contributed by atoms with Crippen molar-refractivity contribution in [2.45, 2.75) is 52.4 Å². The molecule has 1 unspecified atom stereocenters. The highest BCUT2D eigenvalue weighted by Crippen LogP contribution is 2.25. The van der Waals surface area contributed by atoms with Gasteiger partial charge in [0.15, 0.2) is 0 Å². The Kier molecular flexibility index (Phi) is 3.45. The predicted octanol–water partition coefficient (Wildman–Crippen LogP) is 4.15. The van der Waals surface area contributed by atoms with Gasteiger partial charge in [0.25, 0.3) is 0 Å². The normalized spacial score (nSPS) is 20.8. The molecule has 2 rings (SSSR count). The average Bonchev–Trinajstić information content (AvgIpc) is 2.42. The van der Waals surface area contributed by atoms with Crippen molar-refractivity contribution in [3.63, 3.8) is 0 Å². The molecule has 0 heterocycles. The van der Waals surface area contributed by atoms with Crippen LogP contribution in [0.25, 0.3) is 0 Å². The van der Waals surface area contributed by atoms with Crippen LogP contribution >= 0.6 is 0 Å². The van der Waals surface area contributed by atoms with Gasteiger partial charge in [-0.1, -0.05) is 38.5 Å². The van der Waals surface area contributed by atoms with Crippen LogP contribution in [0, 0.1) is 5.92 Å². The molecule has 15 heavy (non-hydrogen) atoms. The van der Waals surface area contributed by atoms with Gasteiger partial charge in [-0.05, 0) is 54.7 Å². The standard InChI is InChI=1S/C15H22/c1-3-4-13-7-10-14-8-5-12(2)6-9-15(14)11-13/h7,10-12H,3-6,8-9H2,1-2H3. The molecule has 1 atom stereocenters. The van der Waals surface area contributed by atoms with Gasteiger partial charge in [0.05, 0.1) is 0 Å². The second-order valence-electron chi connectivity index (χ2n) is 5.04. The molecule has 0 radical (unpaired) electrons. The van der Waals surface area contributed by atoms with Crippen molar-refractivity contribution in [1.82, 2.24) is 0 Å². The first kappa shape index (κ1) is 10.7. The molecule has 0 bridgehead atoms. The molecule has 82 valence electrons. The number of fused-ring (bicyclic) bond motifs is 1. The fraction of sp³-hybridized carbons (Fsp3) is 0.600. The largest absolute Gasteiger partial charge is 0.0651 e. The van der Waals surface area contributed by atoms with Crippen molar-refractivity contribution in [3.8, 4) is 0 Å². The molecule has 0 aliphatic heterocycles. The summed E-state index contributed by atoms with van der Waals surface area (Å²) < 4.78 is 0. The van der Waals surface area contributed by atoms with Crippen LogP contribution in [-0.4, -0.2) is 0 Å². The van der Waals surface area contributed by atoms with Crippen LogP contribution in [0.2, 0.25) is 0 Å². The van der Waals surface area contributed by atoms with Crippen molar-refractivity contribution >= 4 is 0 Å². The Morgan fingerprint density at radius 2 is 1.87 bits per heavy atom. The second kappa shape index (κ2) is 4.83. The van der Waals surface area contributed by atoms with E-state index in [9.17, 15) is 0 Å². The first-order valence-corrected chi connectivity index (χ1v) is 6.40. The van der Waals surface area contributed by atoms with Gasteiger partial charge in [0, 0.05) is 0 Å². The Bertz CT molecular complexity index is 325. The summed E-state index contributed by atoms with van der Waals surface area (Å²) in [7, 11) is 0. The number of aryl methyl sites for hydroxylation is 3. The summed E-state index contributed by atoms with van der Waals surface area (Å²) in [6, 6.07) is 7.16. The molecule has 0 amide bonds. The van der Waals surface area contributed by atoms with Gasteiger partial charge < -0.3 is 0 Å². The van der Waals surface area contributed by atoms with Gasteiger partial charge in [0.1, 0.15) is 0 Å². The zero-order valence-electron chi connectivity index (χ0n) is 10.1. The molecule has 0 heteroatoms. The zero-order valence-corrected chi connectivity index (χ0v) is 10.1. The van der Waals surface area contributed by atoms with E-state index in [1.807, 2.05) is 0 Å². The van der Waals surface area contributed by atoms with Crippen LogP contribution in [0.15, 0.2) is 18.2 Å². The lowest BCUT2D eigenvalue weighted by atomic mass is 9.98. The van der Waals surface area contributed by atoms with Crippen LogP contribution < -0.4 is 0 Å². The van der Waals surface area contributed by atoms with Gasteiger partial charge in [0.2, 0.25) is 0 Å². The van der Waals surface area contributed by atoms with Crippen molar-refractivity contribution in [3.05, 3.63) is 34.9 Å². The Balaban J connectivity index is 2.20. The van der Waals surface area contributed by atoms with E-state index < -0.39 is 0 Å². The molecule has 0 nitrogen and oxygen atoms in total. The Labute approximate surface area is 93.7 Å². The fourth-order valence-corrected chi connectivity index (χ4v) is 2.55. The molecular formula is C15H22. The van der Waals surface area contributed by atoms with E-state index >= 15 is 0 Å². The lowest BCUT2D eigenvalue weighted by Gasteiger charge is -2.07. The Morgan fingerprint density at radius 1 is 1.13 bits per heavy atom. The third kappa shape index (κ3) is 2.62. The van der Waals surface area contributed by atoms with E-state index in [1.165, 1.54) is 44.1 Å². The molecular weight excluding hydrogens is 180 g/mol. The van der Waals surface area contributed by atoms with E-state index in [1.54, 1.807) is 11.1 Å². The molecule has 1 aliphatic carbocycles. The summed E-state index contributed by atoms with van der Waals surface area (Å²) in [6.45, 7) is 4.65. The van der Waals surface area contributed by atoms with Crippen LogP contribution in [0.4, 0.5) is 0 Å². The van der Waals surface area contributed by atoms with E-state index in [0.29, 0.717) is 0 Å². The summed E-state index contributed by atoms with van der Waals surface area (Å²) >= 11 is 0. The molecule has 0 fully saturated rings. The second-order valence-corrected chi connectivity index (χ2v) is 5.04. The smallest absolute Gasteiger partial charge is 0.0274 e. The maximum atomic E-state index is 2.46. The van der Waals surface area contributed by atoms with E-state index in [0.717, 1.165) is 5.92 Å². The summed E-state index contributed by atoms with van der Waals surface area (Å²) in [6.07, 6.45) is 7.84. The SMILES string of the molecule is CCCc1ccc2c(c1)CCC(C)CC2. The third-order valence-electron chi connectivity index (χ3n) is 3.62. The van der Waals surface area contributed by atoms with Crippen molar-refractivity contribution in [2.24, 2.45) is 5.92 Å². The minimum Gasteiger partial charge on any atom is -0.0651 e. The first-order valence-electron chi connectivity index (χ1n) is 6.40. The number of hydrogen-bond donors (Lipinski definition) is 0. The summed E-state index contributed by atoms with van der Waals surface area (Å²) in [5.41, 5.74) is 4.77. The van der Waals surface area contributed by atoms with Crippen LogP contribution in [0.3, 0.4) is 0 Å². The highest BCUT2D eigenvalue weighted by Gasteiger charge is 2.12. The highest BCUT2D eigenvalue weighted by atomic mass is 14.2. The zero-order chi connectivity index (χ0) is 10.7. The Hall–Kier alpha value is -0.780. The van der Waals surface area contributed by atoms with E-state index in [-0.39, 0.29) is 0 Å². The van der Waals surface area contributed by atoms with Gasteiger partial charge >= 0.3 is 0 Å². The first-order chi connectivity index (χ1) is 7.29. The van der Waals surface area contributed by atoms with Gasteiger partial charge in [-0.25, -0.2) is 0 Å². The van der Waals surface area contributed by atoms with Crippen molar-refractivity contribution < 1.29 is 0 Å². The quantitative estimate of drug-likeness (QED) is 0.632. The minimum absolute atomic E-state index is 0.909. The van der Waals surface area contributed by atoms with Crippen molar-refractivity contribution in [2.75, 3.05) is 0 Å². The molecule has 0 aromatic heterocycles. The number of hydrogen-bond acceptors (Lipinski definition) is 0. The molecule has 1 aliphatic rings. The van der Waals surface area contributed by atoms with Crippen LogP contribution in [0.1, 0.15) is 49.8 Å². The minimum atomic E-state index is 0.909. The van der Waals surface area contributed by atoms with E-state index in [2.05, 4.69) is 32.0 Å². The molecule has 0 N–H and O–H groups in total. The van der Waals surface area contributed by atoms with Gasteiger partial charge in [-0.3, -0.25) is 0 Å². The number of benzene rings is 1. The van der Waals surface area contributed by atoms with Gasteiger partial charge in [-0.15, -0.1) is 0 Å². The third-order valence-corrected chi connectivity index (χ3v) is 3.62. The number of rotatable bonds is 2. The lowest BCUT2D eigenvalue weighted by Crippen LogP contribution is -1.93. The monoisotopic (exact) mass is 202 g/mol. The fourth-order valence-electron chi connectivity index (χ4n) is 2.55. The summed E-state index contributed by atoms with van der Waals surface area (Å²) in [5.74, 6) is 0.909. The maximum Gasteiger partial charge on any atom is -0.0274 e. The highest BCUT2D eigenvalue weighted by molar-refractivity contribution is 5.33. The maximum absolute atomic E-state index is 2.46. The molecule has 0 saturated carbocycles. The van der Waals surface area contributed by atoms with Crippen molar-refractivity contribution in [1.29, 1.82) is 0 Å². The Morgan fingerprint density at radius 3 is 2.60 bits per heavy atom. The van der Waals surface area contributed by atoms with E-state index in [4.69, 9.17) is 0 Å². The van der Waals surface area contributed by atoms with Crippen LogP contribution in [0.5, 0.6) is 0 Å². The topological polar surface area (TPSA) is 0 Å². The molecule has 1 aromatic rings. The molecule has 0 saturated heterocycles. The lowest BCUT2D eigenvalue weighted by molar-refractivity contribution is 0.510. The van der Waals surface area contributed by atoms with Gasteiger partial charge in [-0.2, -0.15) is 0 Å². The summed E-state index contributed by atoms with van der Waals surface area (Å²) in [4.78, 5) is 0. The molecule has 0 spiro atoms. The predicted molar refractivity (Wildman–Crippen MR) is 66.2 cm³/mol.